The smallest absolute Gasteiger partial charge is 0.355 e. The van der Waals surface area contributed by atoms with Crippen molar-refractivity contribution in [3.05, 3.63) is 51.7 Å². The zero-order valence-electron chi connectivity index (χ0n) is 12.5. The number of aromatic amines is 1. The summed E-state index contributed by atoms with van der Waals surface area (Å²) < 4.78 is 5.72. The molecule has 24 heavy (non-hydrogen) atoms. The first kappa shape index (κ1) is 18.0. The molecular formula is C16H13BrClN3O3. The molecule has 0 aliphatic carbocycles. The highest BCUT2D eigenvalue weighted by atomic mass is 79.9. The number of carbonyl (C=O) groups excluding carboxylic acids is 2. The molecule has 0 bridgehead atoms. The number of nitrogens with one attached hydrogen (secondary N) is 1. The van der Waals surface area contributed by atoms with Crippen LogP contribution in [0.15, 0.2) is 41.0 Å². The van der Waals surface area contributed by atoms with Crippen molar-refractivity contribution in [1.82, 2.24) is 4.98 Å². The van der Waals surface area contributed by atoms with E-state index in [0.29, 0.717) is 15.2 Å². The summed E-state index contributed by atoms with van der Waals surface area (Å²) in [6.45, 7) is -0.255. The standard InChI is InChI=1S/C16H13BrClN3O3/c17-11-7-14(20-9-11)16(23)24-10-15(22)21(6-2-5-19)13-4-1-3-12(18)8-13/h1,3-4,7-9,20H,2,6,10H2. The van der Waals surface area contributed by atoms with Gasteiger partial charge in [-0.3, -0.25) is 4.79 Å². The summed E-state index contributed by atoms with van der Waals surface area (Å²) in [5.74, 6) is -1.08. The number of benzene rings is 1. The molecule has 0 saturated heterocycles. The fraction of sp³-hybridized carbons (Fsp3) is 0.188. The Hall–Kier alpha value is -2.30. The second-order valence-corrected chi connectivity index (χ2v) is 6.09. The number of H-pyrrole nitrogens is 1. The Morgan fingerprint density at radius 1 is 1.38 bits per heavy atom. The quantitative estimate of drug-likeness (QED) is 0.738. The molecule has 8 heteroatoms. The third kappa shape index (κ3) is 4.85. The molecule has 124 valence electrons. The van der Waals surface area contributed by atoms with Gasteiger partial charge in [0.2, 0.25) is 0 Å². The maximum absolute atomic E-state index is 12.4. The number of carbonyl (C=O) groups is 2. The largest absolute Gasteiger partial charge is 0.451 e. The van der Waals surface area contributed by atoms with E-state index in [1.165, 1.54) is 4.90 Å². The van der Waals surface area contributed by atoms with E-state index in [2.05, 4.69) is 20.9 Å². The van der Waals surface area contributed by atoms with Gasteiger partial charge in [0.25, 0.3) is 5.91 Å². The molecule has 0 aliphatic heterocycles. The third-order valence-corrected chi connectivity index (χ3v) is 3.76. The number of amides is 1. The van der Waals surface area contributed by atoms with Crippen LogP contribution >= 0.6 is 27.5 Å². The molecule has 0 fully saturated rings. The second kappa shape index (κ2) is 8.52. The first-order chi connectivity index (χ1) is 11.5. The predicted octanol–water partition coefficient (Wildman–Crippen LogP) is 3.53. The van der Waals surface area contributed by atoms with Crippen molar-refractivity contribution in [2.75, 3.05) is 18.1 Å². The summed E-state index contributed by atoms with van der Waals surface area (Å²) in [7, 11) is 0. The first-order valence-corrected chi connectivity index (χ1v) is 8.12. The van der Waals surface area contributed by atoms with Gasteiger partial charge in [-0.1, -0.05) is 17.7 Å². The summed E-state index contributed by atoms with van der Waals surface area (Å²) in [5, 5.41) is 9.23. The van der Waals surface area contributed by atoms with Crippen LogP contribution in [0.1, 0.15) is 16.9 Å². The first-order valence-electron chi connectivity index (χ1n) is 6.95. The fourth-order valence-corrected chi connectivity index (χ4v) is 2.50. The molecular weight excluding hydrogens is 398 g/mol. The number of halogens is 2. The van der Waals surface area contributed by atoms with Crippen molar-refractivity contribution in [2.45, 2.75) is 6.42 Å². The Morgan fingerprint density at radius 3 is 2.79 bits per heavy atom. The molecule has 0 atom stereocenters. The third-order valence-electron chi connectivity index (χ3n) is 3.06. The van der Waals surface area contributed by atoms with Crippen molar-refractivity contribution in [3.8, 4) is 6.07 Å². The van der Waals surface area contributed by atoms with Crippen LogP contribution in [-0.2, 0) is 9.53 Å². The molecule has 6 nitrogen and oxygen atoms in total. The van der Waals surface area contributed by atoms with Crippen LogP contribution in [0.5, 0.6) is 0 Å². The van der Waals surface area contributed by atoms with E-state index in [0.717, 1.165) is 0 Å². The van der Waals surface area contributed by atoms with Crippen LogP contribution in [0, 0.1) is 11.3 Å². The number of hydrogen-bond acceptors (Lipinski definition) is 4. The predicted molar refractivity (Wildman–Crippen MR) is 92.8 cm³/mol. The summed E-state index contributed by atoms with van der Waals surface area (Å²) in [4.78, 5) is 28.3. The molecule has 1 aromatic heterocycles. The van der Waals surface area contributed by atoms with Gasteiger partial charge in [0, 0.05) is 27.9 Å². The van der Waals surface area contributed by atoms with Gasteiger partial charge in [-0.05, 0) is 40.2 Å². The number of ether oxygens (including phenoxy) is 1. The lowest BCUT2D eigenvalue weighted by molar-refractivity contribution is -0.121. The van der Waals surface area contributed by atoms with Gasteiger partial charge in [0.05, 0.1) is 12.5 Å². The number of hydrogen-bond donors (Lipinski definition) is 1. The molecule has 0 radical (unpaired) electrons. The second-order valence-electron chi connectivity index (χ2n) is 4.74. The van der Waals surface area contributed by atoms with Gasteiger partial charge in [-0.15, -0.1) is 0 Å². The van der Waals surface area contributed by atoms with E-state index >= 15 is 0 Å². The Morgan fingerprint density at radius 2 is 2.17 bits per heavy atom. The van der Waals surface area contributed by atoms with E-state index in [1.807, 2.05) is 6.07 Å². The van der Waals surface area contributed by atoms with Crippen molar-refractivity contribution < 1.29 is 14.3 Å². The minimum atomic E-state index is -0.639. The van der Waals surface area contributed by atoms with Crippen LogP contribution in [0.25, 0.3) is 0 Å². The molecule has 1 N–H and O–H groups in total. The molecule has 0 aliphatic rings. The summed E-state index contributed by atoms with van der Waals surface area (Å²) in [6, 6.07) is 10.2. The van der Waals surface area contributed by atoms with E-state index in [-0.39, 0.29) is 18.7 Å². The Bertz CT molecular complexity index is 785. The Balaban J connectivity index is 2.05. The van der Waals surface area contributed by atoms with Gasteiger partial charge < -0.3 is 14.6 Å². The van der Waals surface area contributed by atoms with Crippen molar-refractivity contribution >= 4 is 45.1 Å². The van der Waals surface area contributed by atoms with Crippen molar-refractivity contribution in [2.24, 2.45) is 0 Å². The van der Waals surface area contributed by atoms with Crippen LogP contribution in [0.2, 0.25) is 5.02 Å². The minimum absolute atomic E-state index is 0.149. The molecule has 1 aromatic carbocycles. The Kier molecular flexibility index (Phi) is 6.41. The summed E-state index contributed by atoms with van der Waals surface area (Å²) >= 11 is 9.15. The number of aromatic nitrogens is 1. The van der Waals surface area contributed by atoms with Gasteiger partial charge in [0.15, 0.2) is 6.61 Å². The van der Waals surface area contributed by atoms with E-state index in [4.69, 9.17) is 21.6 Å². The zero-order valence-corrected chi connectivity index (χ0v) is 14.8. The van der Waals surface area contributed by atoms with Crippen LogP contribution in [-0.4, -0.2) is 30.0 Å². The molecule has 0 unspecified atom stereocenters. The molecule has 0 spiro atoms. The zero-order chi connectivity index (χ0) is 17.5. The van der Waals surface area contributed by atoms with Gasteiger partial charge in [0.1, 0.15) is 5.69 Å². The van der Waals surface area contributed by atoms with E-state index < -0.39 is 18.5 Å². The molecule has 1 heterocycles. The van der Waals surface area contributed by atoms with Crippen molar-refractivity contribution in [3.63, 3.8) is 0 Å². The molecule has 2 aromatic rings. The van der Waals surface area contributed by atoms with Crippen LogP contribution in [0.3, 0.4) is 0 Å². The SMILES string of the molecule is N#CCCN(C(=O)COC(=O)c1cc(Br)c[nH]1)c1cccc(Cl)c1. The normalized spacial score (nSPS) is 10.0. The lowest BCUT2D eigenvalue weighted by atomic mass is 10.2. The van der Waals surface area contributed by atoms with Gasteiger partial charge in [-0.2, -0.15) is 5.26 Å². The number of rotatable bonds is 6. The average Bonchev–Trinajstić information content (AvgIpc) is 2.99. The van der Waals surface area contributed by atoms with Gasteiger partial charge >= 0.3 is 5.97 Å². The number of nitriles is 1. The summed E-state index contributed by atoms with van der Waals surface area (Å²) in [5.41, 5.74) is 0.780. The minimum Gasteiger partial charge on any atom is -0.451 e. The van der Waals surface area contributed by atoms with Gasteiger partial charge in [-0.25, -0.2) is 4.79 Å². The molecule has 1 amide bonds. The van der Waals surface area contributed by atoms with Crippen LogP contribution < -0.4 is 4.90 Å². The number of nitrogens with zero attached hydrogens (tertiary/aromatic N) is 2. The maximum Gasteiger partial charge on any atom is 0.355 e. The molecule has 2 rings (SSSR count). The van der Waals surface area contributed by atoms with E-state index in [1.54, 1.807) is 36.5 Å². The average molecular weight is 411 g/mol. The van der Waals surface area contributed by atoms with Crippen LogP contribution in [0.4, 0.5) is 5.69 Å². The highest BCUT2D eigenvalue weighted by molar-refractivity contribution is 9.10. The fourth-order valence-electron chi connectivity index (χ4n) is 1.97. The number of anilines is 1. The highest BCUT2D eigenvalue weighted by Crippen LogP contribution is 2.20. The Labute approximate surface area is 152 Å². The molecule has 0 saturated carbocycles. The lowest BCUT2D eigenvalue weighted by Crippen LogP contribution is -2.35. The topological polar surface area (TPSA) is 86.2 Å². The monoisotopic (exact) mass is 409 g/mol. The maximum atomic E-state index is 12.4. The highest BCUT2D eigenvalue weighted by Gasteiger charge is 2.19. The summed E-state index contributed by atoms with van der Waals surface area (Å²) in [6.07, 6.45) is 1.74. The van der Waals surface area contributed by atoms with Crippen molar-refractivity contribution in [1.29, 1.82) is 5.26 Å². The lowest BCUT2D eigenvalue weighted by Gasteiger charge is -2.21. The van der Waals surface area contributed by atoms with E-state index in [9.17, 15) is 9.59 Å². The number of esters is 1.